The molecule has 28 heavy (non-hydrogen) atoms. The van der Waals surface area contributed by atoms with Crippen molar-refractivity contribution < 1.29 is 13.9 Å². The lowest BCUT2D eigenvalue weighted by Gasteiger charge is -2.14. The second-order valence-electron chi connectivity index (χ2n) is 7.23. The SMILES string of the molecule is CC(=O)C(CCOc1ccc2oc3ccccc3c2c1)CCc1ccccc1. The zero-order chi connectivity index (χ0) is 19.3. The van der Waals surface area contributed by atoms with E-state index in [1.165, 1.54) is 5.56 Å². The van der Waals surface area contributed by atoms with Crippen LogP contribution in [0.4, 0.5) is 0 Å². The monoisotopic (exact) mass is 372 g/mol. The second kappa shape index (κ2) is 8.30. The lowest BCUT2D eigenvalue weighted by Crippen LogP contribution is -2.15. The normalized spacial score (nSPS) is 12.3. The van der Waals surface area contributed by atoms with Crippen molar-refractivity contribution in [3.05, 3.63) is 78.4 Å². The molecule has 0 N–H and O–H groups in total. The Labute approximate surface area is 164 Å². The fraction of sp³-hybridized carbons (Fsp3) is 0.240. The average Bonchev–Trinajstić information content (AvgIpc) is 3.09. The maximum Gasteiger partial charge on any atom is 0.135 e. The number of ether oxygens (including phenoxy) is 1. The van der Waals surface area contributed by atoms with E-state index in [-0.39, 0.29) is 11.7 Å². The van der Waals surface area contributed by atoms with Gasteiger partial charge in [0.2, 0.25) is 0 Å². The van der Waals surface area contributed by atoms with Crippen LogP contribution >= 0.6 is 0 Å². The molecule has 0 spiro atoms. The highest BCUT2D eigenvalue weighted by molar-refractivity contribution is 6.05. The molecule has 0 saturated heterocycles. The van der Waals surface area contributed by atoms with Gasteiger partial charge in [0.15, 0.2) is 0 Å². The van der Waals surface area contributed by atoms with Gasteiger partial charge in [0.1, 0.15) is 22.7 Å². The third kappa shape index (κ3) is 4.09. The van der Waals surface area contributed by atoms with Crippen LogP contribution in [-0.2, 0) is 11.2 Å². The second-order valence-corrected chi connectivity index (χ2v) is 7.23. The Balaban J connectivity index is 1.38. The first-order chi connectivity index (χ1) is 13.7. The molecule has 4 rings (SSSR count). The van der Waals surface area contributed by atoms with Crippen LogP contribution in [0.25, 0.3) is 21.9 Å². The molecule has 0 aliphatic carbocycles. The van der Waals surface area contributed by atoms with Gasteiger partial charge in [0.25, 0.3) is 0 Å². The number of ketones is 1. The molecule has 1 unspecified atom stereocenters. The van der Waals surface area contributed by atoms with E-state index < -0.39 is 0 Å². The van der Waals surface area contributed by atoms with Crippen LogP contribution in [0, 0.1) is 5.92 Å². The molecule has 0 bridgehead atoms. The van der Waals surface area contributed by atoms with E-state index in [0.29, 0.717) is 6.61 Å². The van der Waals surface area contributed by atoms with Gasteiger partial charge in [0, 0.05) is 16.7 Å². The van der Waals surface area contributed by atoms with Crippen LogP contribution in [0.2, 0.25) is 0 Å². The van der Waals surface area contributed by atoms with E-state index >= 15 is 0 Å². The van der Waals surface area contributed by atoms with Gasteiger partial charge < -0.3 is 9.15 Å². The van der Waals surface area contributed by atoms with Crippen molar-refractivity contribution in [2.75, 3.05) is 6.61 Å². The molecule has 0 saturated carbocycles. The van der Waals surface area contributed by atoms with Gasteiger partial charge in [0.05, 0.1) is 6.61 Å². The molecule has 4 aromatic rings. The standard InChI is InChI=1S/C25H24O3/c1-18(26)20(12-11-19-7-3-2-4-8-19)15-16-27-21-13-14-25-23(17-21)22-9-5-6-10-24(22)28-25/h2-10,13-14,17,20H,11-12,15-16H2,1H3. The van der Waals surface area contributed by atoms with Crippen LogP contribution in [0.1, 0.15) is 25.3 Å². The minimum absolute atomic E-state index is 0.0266. The molecule has 3 heteroatoms. The number of carbonyl (C=O) groups is 1. The van der Waals surface area contributed by atoms with Crippen molar-refractivity contribution in [2.24, 2.45) is 5.92 Å². The molecule has 1 atom stereocenters. The number of fused-ring (bicyclic) bond motifs is 3. The Morgan fingerprint density at radius 1 is 0.893 bits per heavy atom. The lowest BCUT2D eigenvalue weighted by molar-refractivity contribution is -0.121. The predicted octanol–water partition coefficient (Wildman–Crippen LogP) is 6.19. The molecule has 0 aliphatic rings. The lowest BCUT2D eigenvalue weighted by atomic mass is 9.93. The van der Waals surface area contributed by atoms with Crippen molar-refractivity contribution in [2.45, 2.75) is 26.2 Å². The van der Waals surface area contributed by atoms with Crippen LogP contribution in [-0.4, -0.2) is 12.4 Å². The Hall–Kier alpha value is -3.07. The summed E-state index contributed by atoms with van der Waals surface area (Å²) in [5, 5.41) is 2.15. The van der Waals surface area contributed by atoms with E-state index in [1.807, 2.05) is 54.6 Å². The molecule has 0 amide bonds. The molecule has 0 fully saturated rings. The number of Topliss-reactive ketones (excluding diaryl/α,β-unsaturated/α-hetero) is 1. The highest BCUT2D eigenvalue weighted by Crippen LogP contribution is 2.31. The zero-order valence-electron chi connectivity index (χ0n) is 16.1. The van der Waals surface area contributed by atoms with Crippen LogP contribution < -0.4 is 4.74 Å². The summed E-state index contributed by atoms with van der Waals surface area (Å²) in [6.45, 7) is 2.21. The summed E-state index contributed by atoms with van der Waals surface area (Å²) >= 11 is 0. The van der Waals surface area contributed by atoms with E-state index in [1.54, 1.807) is 6.92 Å². The van der Waals surface area contributed by atoms with E-state index in [4.69, 9.17) is 9.15 Å². The summed E-state index contributed by atoms with van der Waals surface area (Å²) in [6.07, 6.45) is 2.50. The molecule has 3 aromatic carbocycles. The summed E-state index contributed by atoms with van der Waals surface area (Å²) in [4.78, 5) is 12.0. The van der Waals surface area contributed by atoms with Crippen molar-refractivity contribution in [3.63, 3.8) is 0 Å². The van der Waals surface area contributed by atoms with E-state index in [2.05, 4.69) is 18.2 Å². The number of hydrogen-bond donors (Lipinski definition) is 0. The first kappa shape index (κ1) is 18.3. The largest absolute Gasteiger partial charge is 0.494 e. The van der Waals surface area contributed by atoms with Crippen molar-refractivity contribution in [1.82, 2.24) is 0 Å². The first-order valence-electron chi connectivity index (χ1n) is 9.79. The Morgan fingerprint density at radius 2 is 1.64 bits per heavy atom. The fourth-order valence-electron chi connectivity index (χ4n) is 3.65. The van der Waals surface area contributed by atoms with Crippen LogP contribution in [0.15, 0.2) is 77.2 Å². The summed E-state index contributed by atoms with van der Waals surface area (Å²) in [5.41, 5.74) is 3.01. The Morgan fingerprint density at radius 3 is 2.46 bits per heavy atom. The maximum atomic E-state index is 12.0. The molecule has 1 aromatic heterocycles. The van der Waals surface area contributed by atoms with Gasteiger partial charge in [-0.15, -0.1) is 0 Å². The minimum atomic E-state index is 0.0266. The van der Waals surface area contributed by atoms with Crippen molar-refractivity contribution in [1.29, 1.82) is 0 Å². The number of aryl methyl sites for hydroxylation is 1. The molecule has 0 radical (unpaired) electrons. The summed E-state index contributed by atoms with van der Waals surface area (Å²) < 4.78 is 11.8. The summed E-state index contributed by atoms with van der Waals surface area (Å²) in [5.74, 6) is 1.07. The van der Waals surface area contributed by atoms with Gasteiger partial charge in [-0.25, -0.2) is 0 Å². The molecular formula is C25H24O3. The van der Waals surface area contributed by atoms with Gasteiger partial charge >= 0.3 is 0 Å². The number of benzene rings is 3. The predicted molar refractivity (Wildman–Crippen MR) is 113 cm³/mol. The van der Waals surface area contributed by atoms with Gasteiger partial charge in [-0.1, -0.05) is 48.5 Å². The molecule has 142 valence electrons. The van der Waals surface area contributed by atoms with Gasteiger partial charge in [-0.2, -0.15) is 0 Å². The number of rotatable bonds is 8. The highest BCUT2D eigenvalue weighted by atomic mass is 16.5. The Bertz CT molecular complexity index is 1080. The molecule has 3 nitrogen and oxygen atoms in total. The van der Waals surface area contributed by atoms with E-state index in [9.17, 15) is 4.79 Å². The van der Waals surface area contributed by atoms with Crippen molar-refractivity contribution >= 4 is 27.7 Å². The minimum Gasteiger partial charge on any atom is -0.494 e. The topological polar surface area (TPSA) is 39.4 Å². The quantitative estimate of drug-likeness (QED) is 0.370. The van der Waals surface area contributed by atoms with Crippen LogP contribution in [0.3, 0.4) is 0 Å². The third-order valence-electron chi connectivity index (χ3n) is 5.28. The third-order valence-corrected chi connectivity index (χ3v) is 5.28. The summed E-state index contributed by atoms with van der Waals surface area (Å²) in [7, 11) is 0. The number of carbonyl (C=O) groups excluding carboxylic acids is 1. The maximum absolute atomic E-state index is 12.0. The summed E-state index contributed by atoms with van der Waals surface area (Å²) in [6, 6.07) is 24.2. The smallest absolute Gasteiger partial charge is 0.135 e. The average molecular weight is 372 g/mol. The van der Waals surface area contributed by atoms with Crippen molar-refractivity contribution in [3.8, 4) is 5.75 Å². The first-order valence-corrected chi connectivity index (χ1v) is 9.79. The number of furan rings is 1. The van der Waals surface area contributed by atoms with Gasteiger partial charge in [-0.3, -0.25) is 4.79 Å². The molecule has 1 heterocycles. The fourth-order valence-corrected chi connectivity index (χ4v) is 3.65. The van der Waals surface area contributed by atoms with E-state index in [0.717, 1.165) is 47.0 Å². The van der Waals surface area contributed by atoms with Gasteiger partial charge in [-0.05, 0) is 56.0 Å². The molecule has 0 aliphatic heterocycles. The zero-order valence-corrected chi connectivity index (χ0v) is 16.1. The number of hydrogen-bond acceptors (Lipinski definition) is 3. The number of para-hydroxylation sites is 1. The van der Waals surface area contributed by atoms with Crippen LogP contribution in [0.5, 0.6) is 5.75 Å². The Kier molecular flexibility index (Phi) is 5.43. The highest BCUT2D eigenvalue weighted by Gasteiger charge is 2.15. The molecular weight excluding hydrogens is 348 g/mol.